The fourth-order valence-corrected chi connectivity index (χ4v) is 6.55. The number of carboxylic acid groups (broad SMARTS) is 3. The van der Waals surface area contributed by atoms with Crippen LogP contribution in [0.5, 0.6) is 0 Å². The molecule has 0 aromatic carbocycles. The smallest absolute Gasteiger partial charge is 0.338 e. The van der Waals surface area contributed by atoms with Gasteiger partial charge in [0.2, 0.25) is 0 Å². The predicted molar refractivity (Wildman–Crippen MR) is 169 cm³/mol. The Bertz CT molecular complexity index is 1890. The summed E-state index contributed by atoms with van der Waals surface area (Å²) in [5.74, 6) is -4.02. The van der Waals surface area contributed by atoms with Gasteiger partial charge in [-0.3, -0.25) is 9.59 Å². The van der Waals surface area contributed by atoms with E-state index in [0.717, 1.165) is 44.7 Å². The zero-order valence-electron chi connectivity index (χ0n) is 25.5. The zero-order valence-corrected chi connectivity index (χ0v) is 25.5. The van der Waals surface area contributed by atoms with Crippen LogP contribution >= 0.6 is 0 Å². The van der Waals surface area contributed by atoms with Crippen molar-refractivity contribution in [2.24, 2.45) is 0 Å². The number of nitrogens with one attached hydrogen (secondary N) is 2. The summed E-state index contributed by atoms with van der Waals surface area (Å²) in [4.78, 5) is 53.2. The van der Waals surface area contributed by atoms with Gasteiger partial charge in [-0.15, -0.1) is 0 Å². The third-order valence-corrected chi connectivity index (χ3v) is 8.96. The quantitative estimate of drug-likeness (QED) is 0.232. The van der Waals surface area contributed by atoms with Crippen LogP contribution in [-0.4, -0.2) is 53.2 Å². The molecule has 0 radical (unpaired) electrons. The molecule has 0 unspecified atom stereocenters. The van der Waals surface area contributed by atoms with E-state index in [1.807, 2.05) is 45.9 Å². The van der Waals surface area contributed by atoms with Gasteiger partial charge in [-0.1, -0.05) is 26.5 Å². The van der Waals surface area contributed by atoms with Crippen LogP contribution in [0.2, 0.25) is 0 Å². The molecule has 2 atom stereocenters. The molecule has 0 fully saturated rings. The Morgan fingerprint density at radius 2 is 1.59 bits per heavy atom. The number of carboxylic acids is 3. The van der Waals surface area contributed by atoms with Gasteiger partial charge >= 0.3 is 17.9 Å². The van der Waals surface area contributed by atoms with Crippen LogP contribution in [0.4, 0.5) is 0 Å². The molecule has 5 N–H and O–H groups in total. The minimum atomic E-state index is -1.22. The van der Waals surface area contributed by atoms with E-state index < -0.39 is 30.2 Å². The summed E-state index contributed by atoms with van der Waals surface area (Å²) < 4.78 is 0. The van der Waals surface area contributed by atoms with Gasteiger partial charge in [0.25, 0.3) is 0 Å². The molecule has 0 saturated heterocycles. The summed E-state index contributed by atoms with van der Waals surface area (Å²) in [7, 11) is 0. The summed E-state index contributed by atoms with van der Waals surface area (Å²) in [6.45, 7) is 13.7. The summed E-state index contributed by atoms with van der Waals surface area (Å²) in [5.41, 5.74) is 9.20. The number of allylic oxidation sites excluding steroid dienone is 4. The van der Waals surface area contributed by atoms with Crippen LogP contribution in [0.1, 0.15) is 103 Å². The number of hydrogen-bond acceptors (Lipinski definition) is 5. The summed E-state index contributed by atoms with van der Waals surface area (Å²) in [5, 5.41) is 29.9. The monoisotopic (exact) mass is 596 g/mol. The summed E-state index contributed by atoms with van der Waals surface area (Å²) >= 11 is 0. The lowest BCUT2D eigenvalue weighted by molar-refractivity contribution is -0.138. The van der Waals surface area contributed by atoms with Crippen molar-refractivity contribution >= 4 is 51.2 Å². The number of nitrogens with zero attached hydrogens (tertiary/aromatic N) is 2. The average Bonchev–Trinajstić information content (AvgIpc) is 3.63. The first-order valence-electron chi connectivity index (χ1n) is 14.6. The van der Waals surface area contributed by atoms with Gasteiger partial charge < -0.3 is 25.3 Å². The Labute approximate surface area is 254 Å². The van der Waals surface area contributed by atoms with Crippen LogP contribution < -0.4 is 0 Å². The highest BCUT2D eigenvalue weighted by atomic mass is 16.4. The van der Waals surface area contributed by atoms with E-state index in [2.05, 4.69) is 16.5 Å². The molecule has 0 aliphatic carbocycles. The highest BCUT2D eigenvalue weighted by molar-refractivity contribution is 6.24. The summed E-state index contributed by atoms with van der Waals surface area (Å²) in [6.07, 6.45) is 2.06. The molecule has 5 rings (SSSR count). The first kappa shape index (κ1) is 30.5. The van der Waals surface area contributed by atoms with Crippen molar-refractivity contribution in [1.82, 2.24) is 19.9 Å². The average molecular weight is 597 g/mol. The van der Waals surface area contributed by atoms with E-state index in [-0.39, 0.29) is 35.6 Å². The third-order valence-electron chi connectivity index (χ3n) is 8.96. The Hall–Kier alpha value is -4.99. The molecular formula is C34H36N4O6. The van der Waals surface area contributed by atoms with E-state index in [4.69, 9.17) is 9.97 Å². The topological polar surface area (TPSA) is 169 Å². The molecule has 228 valence electrons. The van der Waals surface area contributed by atoms with Crippen molar-refractivity contribution in [1.29, 1.82) is 0 Å². The number of hydrogen-bond donors (Lipinski definition) is 5. The second kappa shape index (κ2) is 11.6. The van der Waals surface area contributed by atoms with Gasteiger partial charge in [0.05, 0.1) is 34.8 Å². The van der Waals surface area contributed by atoms with E-state index in [1.54, 1.807) is 13.0 Å². The highest BCUT2D eigenvalue weighted by Gasteiger charge is 2.35. The standard InChI is InChI=1S/C34H36N4O6/c1-7-19-15(3)23-12-25-17(5)21(9-10-29(39)40)32(37-25)22(11-30(41)42)33-31(34(43)44)18(6)26(38-33)14-28-20(8-2)16(4)24(36-28)13-27(19)35-23/h7,12-14,17,21,36-37H,1,8-11H2,2-6H3,(H,39,40)(H,41,42)(H,43,44)/t17-,21-/m0/s1. The maximum Gasteiger partial charge on any atom is 0.338 e. The Morgan fingerprint density at radius 1 is 0.909 bits per heavy atom. The largest absolute Gasteiger partial charge is 0.481 e. The maximum absolute atomic E-state index is 12.7. The molecule has 2 aromatic heterocycles. The molecule has 44 heavy (non-hydrogen) atoms. The van der Waals surface area contributed by atoms with Crippen molar-refractivity contribution in [2.45, 2.75) is 72.1 Å². The molecule has 0 amide bonds. The van der Waals surface area contributed by atoms with Crippen LogP contribution in [0.3, 0.4) is 0 Å². The van der Waals surface area contributed by atoms with Crippen LogP contribution in [0, 0.1) is 6.92 Å². The number of H-pyrrole nitrogens is 2. The SMILES string of the molecule is C=CC1=C(C)c2cc3[nH]c(c(CC(=O)O)c4nc(cc5[nH]c(cc1n2)c(C)c5CC)C(C)=C4C(=O)O)[C@@H](CCC(=O)O)[C@@H]3C. The number of carbonyl (C=O) groups is 3. The van der Waals surface area contributed by atoms with E-state index in [1.165, 1.54) is 0 Å². The molecule has 8 bridgehead atoms. The van der Waals surface area contributed by atoms with Crippen molar-refractivity contribution in [3.8, 4) is 0 Å². The van der Waals surface area contributed by atoms with E-state index in [0.29, 0.717) is 29.1 Å². The summed E-state index contributed by atoms with van der Waals surface area (Å²) in [6, 6.07) is 5.70. The van der Waals surface area contributed by atoms with E-state index >= 15 is 0 Å². The van der Waals surface area contributed by atoms with Gasteiger partial charge in [0.15, 0.2) is 0 Å². The predicted octanol–water partition coefficient (Wildman–Crippen LogP) is 6.42. The molecule has 0 spiro atoms. The molecule has 10 nitrogen and oxygen atoms in total. The number of aromatic amines is 2. The normalized spacial score (nSPS) is 17.1. The first-order chi connectivity index (χ1) is 20.9. The van der Waals surface area contributed by atoms with Crippen LogP contribution in [0.25, 0.3) is 33.3 Å². The lowest BCUT2D eigenvalue weighted by Crippen LogP contribution is -2.13. The Kier molecular flexibility index (Phi) is 8.03. The lowest BCUT2D eigenvalue weighted by atomic mass is 9.84. The molecule has 10 heteroatoms. The van der Waals surface area contributed by atoms with Crippen LogP contribution in [0.15, 0.2) is 30.9 Å². The molecule has 0 saturated carbocycles. The van der Waals surface area contributed by atoms with Crippen LogP contribution in [-0.2, 0) is 27.2 Å². The highest BCUT2D eigenvalue weighted by Crippen LogP contribution is 2.44. The number of aromatic nitrogens is 4. The van der Waals surface area contributed by atoms with Crippen molar-refractivity contribution < 1.29 is 29.7 Å². The molecular weight excluding hydrogens is 560 g/mol. The minimum absolute atomic E-state index is 0.0685. The zero-order chi connectivity index (χ0) is 32.0. The van der Waals surface area contributed by atoms with Gasteiger partial charge in [-0.25, -0.2) is 14.8 Å². The van der Waals surface area contributed by atoms with Crippen molar-refractivity contribution in [3.05, 3.63) is 81.7 Å². The number of aliphatic carboxylic acids is 3. The molecule has 5 heterocycles. The second-order valence-corrected chi connectivity index (χ2v) is 11.5. The number of aryl methyl sites for hydroxylation is 2. The van der Waals surface area contributed by atoms with Gasteiger partial charge in [0, 0.05) is 51.8 Å². The third kappa shape index (κ3) is 5.21. The first-order valence-corrected chi connectivity index (χ1v) is 14.6. The van der Waals surface area contributed by atoms with Gasteiger partial charge in [-0.2, -0.15) is 0 Å². The van der Waals surface area contributed by atoms with E-state index in [9.17, 15) is 29.7 Å². The molecule has 3 aliphatic rings. The van der Waals surface area contributed by atoms with Gasteiger partial charge in [-0.05, 0) is 74.1 Å². The number of rotatable bonds is 8. The van der Waals surface area contributed by atoms with Crippen molar-refractivity contribution in [3.63, 3.8) is 0 Å². The van der Waals surface area contributed by atoms with Gasteiger partial charge in [0.1, 0.15) is 0 Å². The number of fused-ring (bicyclic) bond motifs is 8. The Morgan fingerprint density at radius 3 is 2.20 bits per heavy atom. The fourth-order valence-electron chi connectivity index (χ4n) is 6.55. The maximum atomic E-state index is 12.7. The molecule has 2 aromatic rings. The molecule has 3 aliphatic heterocycles. The Balaban J connectivity index is 2.01. The minimum Gasteiger partial charge on any atom is -0.481 e. The second-order valence-electron chi connectivity index (χ2n) is 11.5. The van der Waals surface area contributed by atoms with Crippen molar-refractivity contribution in [2.75, 3.05) is 0 Å². The lowest BCUT2D eigenvalue weighted by Gasteiger charge is -2.18. The fraction of sp³-hybridized carbons (Fsp3) is 0.324.